The molecule has 2 rings (SSSR count). The zero-order chi connectivity index (χ0) is 10.8. The highest BCUT2D eigenvalue weighted by molar-refractivity contribution is 7.18. The molecule has 0 fully saturated rings. The van der Waals surface area contributed by atoms with E-state index in [0.29, 0.717) is 15.2 Å². The standard InChI is InChI=1S/C9H8ClN3OS/c1-13-5-4-11-9(13)12-8(14)6-2-3-7(10)15-6/h2-5H,1H3,(H,11,12,14). The molecule has 0 unspecified atom stereocenters. The quantitative estimate of drug-likeness (QED) is 0.878. The number of carbonyl (C=O) groups excluding carboxylic acids is 1. The molecule has 15 heavy (non-hydrogen) atoms. The minimum absolute atomic E-state index is 0.193. The zero-order valence-electron chi connectivity index (χ0n) is 7.90. The van der Waals surface area contributed by atoms with Gasteiger partial charge in [0, 0.05) is 19.4 Å². The van der Waals surface area contributed by atoms with Gasteiger partial charge in [-0.25, -0.2) is 4.98 Å². The van der Waals surface area contributed by atoms with Crippen LogP contribution >= 0.6 is 22.9 Å². The predicted octanol–water partition coefficient (Wildman–Crippen LogP) is 2.39. The van der Waals surface area contributed by atoms with Gasteiger partial charge in [-0.1, -0.05) is 11.6 Å². The monoisotopic (exact) mass is 241 g/mol. The SMILES string of the molecule is Cn1ccnc1NC(=O)c1ccc(Cl)s1. The summed E-state index contributed by atoms with van der Waals surface area (Å²) in [5, 5.41) is 2.68. The first-order valence-corrected chi connectivity index (χ1v) is 5.40. The molecular weight excluding hydrogens is 234 g/mol. The van der Waals surface area contributed by atoms with Gasteiger partial charge in [0.25, 0.3) is 5.91 Å². The van der Waals surface area contributed by atoms with Gasteiger partial charge >= 0.3 is 0 Å². The number of amides is 1. The third kappa shape index (κ3) is 2.19. The van der Waals surface area contributed by atoms with Gasteiger partial charge in [-0.15, -0.1) is 11.3 Å². The fraction of sp³-hybridized carbons (Fsp3) is 0.111. The second-order valence-corrected chi connectivity index (χ2v) is 4.63. The van der Waals surface area contributed by atoms with Crippen LogP contribution < -0.4 is 5.32 Å². The molecule has 0 aliphatic carbocycles. The van der Waals surface area contributed by atoms with Gasteiger partial charge in [0.2, 0.25) is 5.95 Å². The number of halogens is 1. The van der Waals surface area contributed by atoms with Crippen LogP contribution in [0.15, 0.2) is 24.5 Å². The first kappa shape index (κ1) is 10.2. The molecule has 2 aromatic heterocycles. The van der Waals surface area contributed by atoms with Crippen molar-refractivity contribution in [3.05, 3.63) is 33.7 Å². The zero-order valence-corrected chi connectivity index (χ0v) is 9.47. The molecule has 0 radical (unpaired) electrons. The smallest absolute Gasteiger partial charge is 0.268 e. The molecule has 1 amide bonds. The van der Waals surface area contributed by atoms with E-state index in [-0.39, 0.29) is 5.91 Å². The fourth-order valence-electron chi connectivity index (χ4n) is 1.09. The van der Waals surface area contributed by atoms with Crippen molar-refractivity contribution in [2.24, 2.45) is 7.05 Å². The van der Waals surface area contributed by atoms with Crippen LogP contribution in [-0.4, -0.2) is 15.5 Å². The molecule has 0 saturated carbocycles. The number of nitrogens with zero attached hydrogens (tertiary/aromatic N) is 2. The number of thiophene rings is 1. The van der Waals surface area contributed by atoms with E-state index in [4.69, 9.17) is 11.6 Å². The molecule has 0 bridgehead atoms. The third-order valence-corrected chi connectivity index (χ3v) is 3.07. The van der Waals surface area contributed by atoms with Crippen LogP contribution in [0.4, 0.5) is 5.95 Å². The molecule has 1 N–H and O–H groups in total. The Morgan fingerprint density at radius 2 is 2.40 bits per heavy atom. The molecule has 78 valence electrons. The second kappa shape index (κ2) is 4.04. The molecule has 0 atom stereocenters. The topological polar surface area (TPSA) is 46.9 Å². The van der Waals surface area contributed by atoms with Gasteiger partial charge < -0.3 is 4.57 Å². The minimum atomic E-state index is -0.193. The van der Waals surface area contributed by atoms with E-state index >= 15 is 0 Å². The summed E-state index contributed by atoms with van der Waals surface area (Å²) in [6.45, 7) is 0. The molecule has 2 heterocycles. The lowest BCUT2D eigenvalue weighted by Crippen LogP contribution is -2.13. The molecule has 0 aliphatic rings. The fourth-order valence-corrected chi connectivity index (χ4v) is 2.02. The minimum Gasteiger partial charge on any atom is -0.320 e. The van der Waals surface area contributed by atoms with Crippen LogP contribution in [0, 0.1) is 0 Å². The maximum Gasteiger partial charge on any atom is 0.268 e. The van der Waals surface area contributed by atoms with E-state index in [9.17, 15) is 4.79 Å². The number of hydrogen-bond donors (Lipinski definition) is 1. The summed E-state index contributed by atoms with van der Waals surface area (Å²) < 4.78 is 2.33. The van der Waals surface area contributed by atoms with Crippen molar-refractivity contribution in [3.63, 3.8) is 0 Å². The van der Waals surface area contributed by atoms with Crippen LogP contribution in [0.5, 0.6) is 0 Å². The maximum absolute atomic E-state index is 11.7. The Morgan fingerprint density at radius 1 is 1.60 bits per heavy atom. The number of aromatic nitrogens is 2. The van der Waals surface area contributed by atoms with Crippen LogP contribution in [-0.2, 0) is 7.05 Å². The number of carbonyl (C=O) groups is 1. The van der Waals surface area contributed by atoms with Crippen molar-refractivity contribution in [2.45, 2.75) is 0 Å². The number of imidazole rings is 1. The summed E-state index contributed by atoms with van der Waals surface area (Å²) in [4.78, 5) is 16.2. The molecule has 4 nitrogen and oxygen atoms in total. The average molecular weight is 242 g/mol. The van der Waals surface area contributed by atoms with Gasteiger partial charge in [-0.2, -0.15) is 0 Å². The highest BCUT2D eigenvalue weighted by Crippen LogP contribution is 2.21. The molecule has 0 spiro atoms. The number of aryl methyl sites for hydroxylation is 1. The van der Waals surface area contributed by atoms with Crippen molar-refractivity contribution in [3.8, 4) is 0 Å². The normalized spacial score (nSPS) is 10.3. The van der Waals surface area contributed by atoms with Crippen molar-refractivity contribution in [1.82, 2.24) is 9.55 Å². The summed E-state index contributed by atoms with van der Waals surface area (Å²) in [5.41, 5.74) is 0. The summed E-state index contributed by atoms with van der Waals surface area (Å²) >= 11 is 6.98. The molecule has 2 aromatic rings. The van der Waals surface area contributed by atoms with Crippen molar-refractivity contribution in [2.75, 3.05) is 5.32 Å². The van der Waals surface area contributed by atoms with Gasteiger partial charge in [-0.3, -0.25) is 10.1 Å². The van der Waals surface area contributed by atoms with Crippen LogP contribution in [0.1, 0.15) is 9.67 Å². The van der Waals surface area contributed by atoms with Gasteiger partial charge in [0.05, 0.1) is 9.21 Å². The van der Waals surface area contributed by atoms with Crippen LogP contribution in [0.3, 0.4) is 0 Å². The second-order valence-electron chi connectivity index (χ2n) is 2.92. The van der Waals surface area contributed by atoms with E-state index in [1.54, 1.807) is 29.1 Å². The number of hydrogen-bond acceptors (Lipinski definition) is 3. The summed E-state index contributed by atoms with van der Waals surface area (Å²) in [7, 11) is 1.81. The van der Waals surface area contributed by atoms with Gasteiger partial charge in [-0.05, 0) is 12.1 Å². The molecule has 0 saturated heterocycles. The lowest BCUT2D eigenvalue weighted by atomic mass is 10.4. The first-order valence-electron chi connectivity index (χ1n) is 4.21. The van der Waals surface area contributed by atoms with Gasteiger partial charge in [0.1, 0.15) is 0 Å². The number of nitrogens with one attached hydrogen (secondary N) is 1. The van der Waals surface area contributed by atoms with Crippen molar-refractivity contribution < 1.29 is 4.79 Å². The Morgan fingerprint density at radius 3 is 2.93 bits per heavy atom. The molecule has 0 aromatic carbocycles. The van der Waals surface area contributed by atoms with Crippen LogP contribution in [0.25, 0.3) is 0 Å². The van der Waals surface area contributed by atoms with E-state index in [1.807, 2.05) is 7.05 Å². The first-order chi connectivity index (χ1) is 7.16. The summed E-state index contributed by atoms with van der Waals surface area (Å²) in [5.74, 6) is 0.325. The average Bonchev–Trinajstić information content (AvgIpc) is 2.77. The predicted molar refractivity (Wildman–Crippen MR) is 60.5 cm³/mol. The Hall–Kier alpha value is -1.33. The Labute approximate surface area is 95.5 Å². The Bertz CT molecular complexity index is 491. The Balaban J connectivity index is 2.14. The molecular formula is C9H8ClN3OS. The number of rotatable bonds is 2. The van der Waals surface area contributed by atoms with E-state index < -0.39 is 0 Å². The highest BCUT2D eigenvalue weighted by atomic mass is 35.5. The van der Waals surface area contributed by atoms with E-state index in [0.717, 1.165) is 0 Å². The Kier molecular flexibility index (Phi) is 2.75. The largest absolute Gasteiger partial charge is 0.320 e. The van der Waals surface area contributed by atoms with Crippen molar-refractivity contribution >= 4 is 34.8 Å². The lowest BCUT2D eigenvalue weighted by Gasteiger charge is -2.02. The molecule has 0 aliphatic heterocycles. The highest BCUT2D eigenvalue weighted by Gasteiger charge is 2.10. The maximum atomic E-state index is 11.7. The number of anilines is 1. The van der Waals surface area contributed by atoms with Crippen molar-refractivity contribution in [1.29, 1.82) is 0 Å². The third-order valence-electron chi connectivity index (χ3n) is 1.84. The van der Waals surface area contributed by atoms with E-state index in [1.165, 1.54) is 11.3 Å². The van der Waals surface area contributed by atoms with Crippen LogP contribution in [0.2, 0.25) is 4.34 Å². The summed E-state index contributed by atoms with van der Waals surface area (Å²) in [6.07, 6.45) is 3.38. The van der Waals surface area contributed by atoms with E-state index in [2.05, 4.69) is 10.3 Å². The summed E-state index contributed by atoms with van der Waals surface area (Å²) in [6, 6.07) is 3.38. The van der Waals surface area contributed by atoms with Gasteiger partial charge in [0.15, 0.2) is 0 Å². The molecule has 6 heteroatoms. The lowest BCUT2D eigenvalue weighted by molar-refractivity contribution is 0.102.